The molecule has 0 aromatic carbocycles. The summed E-state index contributed by atoms with van der Waals surface area (Å²) in [6, 6.07) is 0. The number of hydrogen-bond donors (Lipinski definition) is 0. The lowest BCUT2D eigenvalue weighted by Gasteiger charge is -1.76. The maximum Gasteiger partial charge on any atom is 0.0589 e. The summed E-state index contributed by atoms with van der Waals surface area (Å²) >= 11 is 1.43. The van der Waals surface area contributed by atoms with Crippen LogP contribution in [0.1, 0.15) is 5.69 Å². The van der Waals surface area contributed by atoms with E-state index in [0.29, 0.717) is 0 Å². The Morgan fingerprint density at radius 3 is 2.70 bits per heavy atom. The van der Waals surface area contributed by atoms with E-state index in [1.165, 1.54) is 11.5 Å². The summed E-state index contributed by atoms with van der Waals surface area (Å²) in [4.78, 5) is 0. The maximum absolute atomic E-state index is 4.13. The van der Waals surface area contributed by atoms with E-state index in [2.05, 4.69) is 17.5 Å². The van der Waals surface area contributed by atoms with Crippen LogP contribution in [0.3, 0.4) is 0 Å². The van der Waals surface area contributed by atoms with Crippen LogP contribution in [0.2, 0.25) is 0 Å². The van der Waals surface area contributed by atoms with E-state index < -0.39 is 0 Å². The second-order valence-electron chi connectivity index (χ2n) is 2.01. The molecular formula is C8H9NS. The van der Waals surface area contributed by atoms with Gasteiger partial charge in [-0.25, -0.2) is 0 Å². The van der Waals surface area contributed by atoms with Crippen LogP contribution in [0, 0.1) is 6.92 Å². The maximum atomic E-state index is 4.13. The number of allylic oxidation sites excluding steroid dienone is 1. The molecule has 10 heavy (non-hydrogen) atoms. The van der Waals surface area contributed by atoms with Gasteiger partial charge in [0.1, 0.15) is 0 Å². The molecule has 1 heterocycles. The molecule has 0 aliphatic rings. The third-order valence-corrected chi connectivity index (χ3v) is 2.07. The molecule has 0 aliphatic carbocycles. The van der Waals surface area contributed by atoms with Crippen LogP contribution in [0.4, 0.5) is 0 Å². The van der Waals surface area contributed by atoms with E-state index >= 15 is 0 Å². The number of aryl methyl sites for hydroxylation is 1. The van der Waals surface area contributed by atoms with Crippen molar-refractivity contribution < 1.29 is 0 Å². The zero-order valence-corrected chi connectivity index (χ0v) is 6.74. The van der Waals surface area contributed by atoms with Gasteiger partial charge in [0.05, 0.1) is 5.69 Å². The molecule has 0 bridgehead atoms. The lowest BCUT2D eigenvalue weighted by atomic mass is 10.3. The lowest BCUT2D eigenvalue weighted by Crippen LogP contribution is -2.17. The van der Waals surface area contributed by atoms with Gasteiger partial charge < -0.3 is 0 Å². The van der Waals surface area contributed by atoms with E-state index in [1.807, 2.05) is 13.0 Å². The second kappa shape index (κ2) is 2.80. The van der Waals surface area contributed by atoms with Crippen LogP contribution in [0.5, 0.6) is 0 Å². The summed E-state index contributed by atoms with van der Waals surface area (Å²) < 4.78 is 5.15. The van der Waals surface area contributed by atoms with Crippen molar-refractivity contribution in [3.63, 3.8) is 0 Å². The second-order valence-corrected chi connectivity index (χ2v) is 2.87. The molecular weight excluding hydrogens is 142 g/mol. The summed E-state index contributed by atoms with van der Waals surface area (Å²) in [7, 11) is 0. The smallest absolute Gasteiger partial charge is 0.0589 e. The molecule has 52 valence electrons. The summed E-state index contributed by atoms with van der Waals surface area (Å²) in [6.45, 7) is 9.42. The first-order chi connectivity index (χ1) is 4.75. The summed E-state index contributed by atoms with van der Waals surface area (Å²) in [5, 5.41) is 1.11. The van der Waals surface area contributed by atoms with E-state index in [0.717, 1.165) is 15.4 Å². The van der Waals surface area contributed by atoms with Gasteiger partial charge >= 0.3 is 0 Å². The minimum atomic E-state index is 1.01. The van der Waals surface area contributed by atoms with Gasteiger partial charge in [0, 0.05) is 9.75 Å². The zero-order chi connectivity index (χ0) is 7.56. The highest BCUT2D eigenvalue weighted by Crippen LogP contribution is 1.81. The zero-order valence-electron chi connectivity index (χ0n) is 5.92. The van der Waals surface area contributed by atoms with E-state index in [-0.39, 0.29) is 0 Å². The Morgan fingerprint density at radius 1 is 1.60 bits per heavy atom. The fourth-order valence-electron chi connectivity index (χ4n) is 0.755. The molecule has 0 atom stereocenters. The number of aromatic nitrogens is 1. The SMILES string of the molecule is C=C/C=c1/c(C)nsc1=C. The van der Waals surface area contributed by atoms with Crippen LogP contribution in [0.15, 0.2) is 12.7 Å². The summed E-state index contributed by atoms with van der Waals surface area (Å²) in [6.07, 6.45) is 3.69. The highest BCUT2D eigenvalue weighted by atomic mass is 32.1. The molecule has 0 radical (unpaired) electrons. The number of rotatable bonds is 1. The fraction of sp³-hybridized carbons (Fsp3) is 0.125. The standard InChI is InChI=1S/C8H9NS/c1-4-5-8-6(2)9-10-7(8)3/h4-5H,1,3H2,2H3/b8-5-. The Balaban J connectivity index is 3.51. The topological polar surface area (TPSA) is 12.9 Å². The van der Waals surface area contributed by atoms with E-state index in [1.54, 1.807) is 6.08 Å². The molecule has 0 saturated heterocycles. The first-order valence-electron chi connectivity index (χ1n) is 2.99. The molecule has 0 N–H and O–H groups in total. The van der Waals surface area contributed by atoms with Crippen molar-refractivity contribution in [1.82, 2.24) is 4.37 Å². The van der Waals surface area contributed by atoms with Gasteiger partial charge in [-0.2, -0.15) is 4.37 Å². The molecule has 2 heteroatoms. The van der Waals surface area contributed by atoms with Gasteiger partial charge in [0.2, 0.25) is 0 Å². The molecule has 1 rings (SSSR count). The third-order valence-electron chi connectivity index (χ3n) is 1.27. The summed E-state index contributed by atoms with van der Waals surface area (Å²) in [5.41, 5.74) is 1.04. The molecule has 0 spiro atoms. The molecule has 0 amide bonds. The van der Waals surface area contributed by atoms with Crippen molar-refractivity contribution in [2.45, 2.75) is 6.92 Å². The van der Waals surface area contributed by atoms with Crippen LogP contribution in [-0.2, 0) is 0 Å². The Morgan fingerprint density at radius 2 is 2.30 bits per heavy atom. The molecule has 0 aliphatic heterocycles. The Hall–Kier alpha value is -0.890. The molecule has 1 aromatic rings. The minimum Gasteiger partial charge on any atom is -0.197 e. The predicted octanol–water partition coefficient (Wildman–Crippen LogP) is 0.828. The largest absolute Gasteiger partial charge is 0.197 e. The van der Waals surface area contributed by atoms with Crippen LogP contribution >= 0.6 is 11.5 Å². The molecule has 0 unspecified atom stereocenters. The van der Waals surface area contributed by atoms with Crippen molar-refractivity contribution >= 4 is 24.2 Å². The van der Waals surface area contributed by atoms with Crippen LogP contribution in [0.25, 0.3) is 12.7 Å². The monoisotopic (exact) mass is 151 g/mol. The quantitative estimate of drug-likeness (QED) is 0.579. The third kappa shape index (κ3) is 1.16. The highest BCUT2D eigenvalue weighted by molar-refractivity contribution is 7.03. The molecule has 0 fully saturated rings. The number of hydrogen-bond acceptors (Lipinski definition) is 2. The first kappa shape index (κ1) is 7.22. The van der Waals surface area contributed by atoms with Gasteiger partial charge in [-0.05, 0) is 18.5 Å². The Kier molecular flexibility index (Phi) is 2.02. The van der Waals surface area contributed by atoms with Gasteiger partial charge in [0.25, 0.3) is 0 Å². The highest BCUT2D eigenvalue weighted by Gasteiger charge is 1.90. The van der Waals surface area contributed by atoms with Crippen molar-refractivity contribution in [3.8, 4) is 0 Å². The lowest BCUT2D eigenvalue weighted by molar-refractivity contribution is 1.31. The predicted molar refractivity (Wildman–Crippen MR) is 46.3 cm³/mol. The fourth-order valence-corrected chi connectivity index (χ4v) is 1.41. The van der Waals surface area contributed by atoms with Crippen LogP contribution in [-0.4, -0.2) is 4.37 Å². The average molecular weight is 151 g/mol. The van der Waals surface area contributed by atoms with Gasteiger partial charge in [-0.3, -0.25) is 0 Å². The van der Waals surface area contributed by atoms with Crippen molar-refractivity contribution in [3.05, 3.63) is 28.1 Å². The van der Waals surface area contributed by atoms with Gasteiger partial charge in [-0.1, -0.05) is 25.3 Å². The van der Waals surface area contributed by atoms with Crippen molar-refractivity contribution in [1.29, 1.82) is 0 Å². The normalized spacial score (nSPS) is 11.9. The van der Waals surface area contributed by atoms with Gasteiger partial charge in [-0.15, -0.1) is 0 Å². The Labute approximate surface area is 64.2 Å². The molecule has 1 aromatic heterocycles. The van der Waals surface area contributed by atoms with Crippen molar-refractivity contribution in [2.24, 2.45) is 0 Å². The number of nitrogens with zero attached hydrogens (tertiary/aromatic N) is 1. The summed E-state index contributed by atoms with van der Waals surface area (Å²) in [5.74, 6) is 0. The molecule has 1 nitrogen and oxygen atoms in total. The van der Waals surface area contributed by atoms with E-state index in [4.69, 9.17) is 0 Å². The first-order valence-corrected chi connectivity index (χ1v) is 3.77. The molecule has 0 saturated carbocycles. The minimum absolute atomic E-state index is 1.01. The van der Waals surface area contributed by atoms with E-state index in [9.17, 15) is 0 Å². The Bertz CT molecular complexity index is 335. The van der Waals surface area contributed by atoms with Gasteiger partial charge in [0.15, 0.2) is 0 Å². The van der Waals surface area contributed by atoms with Crippen LogP contribution < -0.4 is 9.75 Å². The van der Waals surface area contributed by atoms with Crippen molar-refractivity contribution in [2.75, 3.05) is 0 Å². The average Bonchev–Trinajstić information content (AvgIpc) is 2.20.